The fraction of sp³-hybridized carbons (Fsp3) is 0. The van der Waals surface area contributed by atoms with Gasteiger partial charge in [-0.2, -0.15) is 0 Å². The zero-order valence-electron chi connectivity index (χ0n) is 17.6. The first-order valence-corrected chi connectivity index (χ1v) is 11.5. The average molecular weight is 491 g/mol. The van der Waals surface area contributed by atoms with Gasteiger partial charge in [-0.15, -0.1) is 0 Å². The average Bonchev–Trinajstić information content (AvgIpc) is 3.22. The van der Waals surface area contributed by atoms with Gasteiger partial charge in [0, 0.05) is 26.6 Å². The predicted molar refractivity (Wildman–Crippen MR) is 139 cm³/mol. The van der Waals surface area contributed by atoms with Crippen molar-refractivity contribution >= 4 is 54.8 Å². The second kappa shape index (κ2) is 8.19. The van der Waals surface area contributed by atoms with Crippen LogP contribution in [-0.2, 0) is 0 Å². The van der Waals surface area contributed by atoms with Crippen molar-refractivity contribution < 1.29 is 0 Å². The molecule has 4 nitrogen and oxygen atoms in total. The fourth-order valence-corrected chi connectivity index (χ4v) is 4.91. The Kier molecular flexibility index (Phi) is 4.89. The topological polar surface area (TPSA) is 34.0 Å². The standard InChI is InChI=1S/C28H19BrN4/c29-24-15-9-17-26-27(24)23-14-7-8-16-25(23)33(26)28-30-18-22(19-31-28)32(20-10-3-1-4-11-20)21-12-5-2-6-13-21/h1-19H. The first-order chi connectivity index (χ1) is 16.3. The number of hydrogen-bond donors (Lipinski definition) is 0. The molecule has 158 valence electrons. The molecule has 0 atom stereocenters. The molecule has 6 rings (SSSR count). The third-order valence-corrected chi connectivity index (χ3v) is 6.42. The van der Waals surface area contributed by atoms with E-state index in [0.717, 1.165) is 38.0 Å². The molecule has 0 aliphatic rings. The zero-order chi connectivity index (χ0) is 22.2. The minimum absolute atomic E-state index is 0.643. The summed E-state index contributed by atoms with van der Waals surface area (Å²) in [6, 6.07) is 35.1. The lowest BCUT2D eigenvalue weighted by Crippen LogP contribution is -2.11. The number of nitrogens with zero attached hydrogens (tertiary/aromatic N) is 4. The number of anilines is 3. The molecule has 0 N–H and O–H groups in total. The minimum Gasteiger partial charge on any atom is -0.308 e. The van der Waals surface area contributed by atoms with Gasteiger partial charge in [0.15, 0.2) is 0 Å². The monoisotopic (exact) mass is 490 g/mol. The van der Waals surface area contributed by atoms with E-state index in [4.69, 9.17) is 9.97 Å². The molecule has 33 heavy (non-hydrogen) atoms. The van der Waals surface area contributed by atoms with Gasteiger partial charge < -0.3 is 4.90 Å². The van der Waals surface area contributed by atoms with Crippen LogP contribution in [0, 0.1) is 0 Å². The number of rotatable bonds is 4. The lowest BCUT2D eigenvalue weighted by Gasteiger charge is -2.24. The molecule has 0 saturated heterocycles. The molecule has 5 heteroatoms. The van der Waals surface area contributed by atoms with Gasteiger partial charge in [0.05, 0.1) is 29.1 Å². The Morgan fingerprint density at radius 1 is 0.576 bits per heavy atom. The molecule has 6 aromatic rings. The molecule has 2 aromatic heterocycles. The third-order valence-electron chi connectivity index (χ3n) is 5.76. The molecule has 4 aromatic carbocycles. The summed E-state index contributed by atoms with van der Waals surface area (Å²) in [5.41, 5.74) is 5.16. The van der Waals surface area contributed by atoms with Crippen molar-refractivity contribution in [3.63, 3.8) is 0 Å². The largest absolute Gasteiger partial charge is 0.308 e. The van der Waals surface area contributed by atoms with Crippen LogP contribution in [0.4, 0.5) is 17.1 Å². The van der Waals surface area contributed by atoms with Crippen LogP contribution >= 0.6 is 15.9 Å². The van der Waals surface area contributed by atoms with E-state index in [9.17, 15) is 0 Å². The van der Waals surface area contributed by atoms with Gasteiger partial charge in [-0.25, -0.2) is 9.97 Å². The van der Waals surface area contributed by atoms with E-state index in [2.05, 4.69) is 80.0 Å². The molecule has 0 aliphatic carbocycles. The summed E-state index contributed by atoms with van der Waals surface area (Å²) in [7, 11) is 0. The fourth-order valence-electron chi connectivity index (χ4n) is 4.34. The molecular formula is C28H19BrN4. The molecule has 0 unspecified atom stereocenters. The lowest BCUT2D eigenvalue weighted by atomic mass is 10.2. The summed E-state index contributed by atoms with van der Waals surface area (Å²) in [5.74, 6) is 0.643. The normalized spacial score (nSPS) is 11.2. The maximum absolute atomic E-state index is 4.82. The van der Waals surface area contributed by atoms with Crippen molar-refractivity contribution in [1.29, 1.82) is 0 Å². The SMILES string of the molecule is Brc1cccc2c1c1ccccc1n2-c1ncc(N(c2ccccc2)c2ccccc2)cn1. The van der Waals surface area contributed by atoms with Crippen LogP contribution in [0.25, 0.3) is 27.8 Å². The van der Waals surface area contributed by atoms with E-state index in [-0.39, 0.29) is 0 Å². The number of para-hydroxylation sites is 3. The summed E-state index contributed by atoms with van der Waals surface area (Å²) in [6.07, 6.45) is 3.78. The number of benzene rings is 4. The Balaban J connectivity index is 1.51. The van der Waals surface area contributed by atoms with Gasteiger partial charge in [-0.3, -0.25) is 4.57 Å². The van der Waals surface area contributed by atoms with Crippen LogP contribution in [-0.4, -0.2) is 14.5 Å². The quantitative estimate of drug-likeness (QED) is 0.252. The number of fused-ring (bicyclic) bond motifs is 3. The second-order valence-electron chi connectivity index (χ2n) is 7.73. The van der Waals surface area contributed by atoms with Crippen LogP contribution in [0.1, 0.15) is 0 Å². The summed E-state index contributed by atoms with van der Waals surface area (Å²) in [5, 5.41) is 2.33. The van der Waals surface area contributed by atoms with Gasteiger partial charge in [-0.1, -0.05) is 76.6 Å². The lowest BCUT2D eigenvalue weighted by molar-refractivity contribution is 0.983. The van der Waals surface area contributed by atoms with E-state index < -0.39 is 0 Å². The molecule has 0 amide bonds. The Bertz CT molecular complexity index is 1520. The first-order valence-electron chi connectivity index (χ1n) is 10.7. The Morgan fingerprint density at radius 3 is 1.82 bits per heavy atom. The maximum atomic E-state index is 4.82. The second-order valence-corrected chi connectivity index (χ2v) is 8.59. The molecule has 0 spiro atoms. The van der Waals surface area contributed by atoms with Crippen molar-refractivity contribution in [1.82, 2.24) is 14.5 Å². The van der Waals surface area contributed by atoms with Crippen molar-refractivity contribution in [3.05, 3.63) is 120 Å². The number of aromatic nitrogens is 3. The van der Waals surface area contributed by atoms with Gasteiger partial charge in [0.2, 0.25) is 5.95 Å². The van der Waals surface area contributed by atoms with Crippen LogP contribution < -0.4 is 4.90 Å². The molecule has 0 radical (unpaired) electrons. The molecule has 2 heterocycles. The highest BCUT2D eigenvalue weighted by molar-refractivity contribution is 9.10. The van der Waals surface area contributed by atoms with Crippen molar-refractivity contribution in [3.8, 4) is 5.95 Å². The Labute approximate surface area is 199 Å². The first kappa shape index (κ1) is 19.7. The number of hydrogen-bond acceptors (Lipinski definition) is 3. The summed E-state index contributed by atoms with van der Waals surface area (Å²) in [4.78, 5) is 11.8. The van der Waals surface area contributed by atoms with Crippen molar-refractivity contribution in [2.45, 2.75) is 0 Å². The van der Waals surface area contributed by atoms with Gasteiger partial charge >= 0.3 is 0 Å². The Morgan fingerprint density at radius 2 is 1.15 bits per heavy atom. The van der Waals surface area contributed by atoms with E-state index in [1.807, 2.05) is 60.9 Å². The van der Waals surface area contributed by atoms with Crippen molar-refractivity contribution in [2.24, 2.45) is 0 Å². The van der Waals surface area contributed by atoms with Crippen molar-refractivity contribution in [2.75, 3.05) is 4.90 Å². The van der Waals surface area contributed by atoms with Gasteiger partial charge in [0.1, 0.15) is 0 Å². The number of halogens is 1. The highest BCUT2D eigenvalue weighted by Gasteiger charge is 2.17. The van der Waals surface area contributed by atoms with E-state index in [0.29, 0.717) is 5.95 Å². The Hall–Kier alpha value is -3.96. The molecule has 0 fully saturated rings. The van der Waals surface area contributed by atoms with E-state index in [1.54, 1.807) is 0 Å². The third kappa shape index (κ3) is 3.38. The molecular weight excluding hydrogens is 472 g/mol. The molecule has 0 saturated carbocycles. The van der Waals surface area contributed by atoms with Crippen LogP contribution in [0.5, 0.6) is 0 Å². The molecule has 0 bridgehead atoms. The zero-order valence-corrected chi connectivity index (χ0v) is 19.2. The highest BCUT2D eigenvalue weighted by atomic mass is 79.9. The summed E-state index contributed by atoms with van der Waals surface area (Å²) < 4.78 is 3.18. The maximum Gasteiger partial charge on any atom is 0.234 e. The molecule has 0 aliphatic heterocycles. The van der Waals surface area contributed by atoms with E-state index in [1.165, 1.54) is 5.39 Å². The summed E-state index contributed by atoms with van der Waals surface area (Å²) in [6.45, 7) is 0. The predicted octanol–water partition coefficient (Wildman–Crippen LogP) is 7.81. The van der Waals surface area contributed by atoms with Crippen LogP contribution in [0.3, 0.4) is 0 Å². The smallest absolute Gasteiger partial charge is 0.234 e. The van der Waals surface area contributed by atoms with Gasteiger partial charge in [-0.05, 0) is 42.5 Å². The highest BCUT2D eigenvalue weighted by Crippen LogP contribution is 2.37. The van der Waals surface area contributed by atoms with E-state index >= 15 is 0 Å². The summed E-state index contributed by atoms with van der Waals surface area (Å²) >= 11 is 3.73. The van der Waals surface area contributed by atoms with Gasteiger partial charge in [0.25, 0.3) is 0 Å². The minimum atomic E-state index is 0.643. The van der Waals surface area contributed by atoms with Crippen LogP contribution in [0.15, 0.2) is 120 Å². The van der Waals surface area contributed by atoms with Crippen LogP contribution in [0.2, 0.25) is 0 Å².